The van der Waals surface area contributed by atoms with Crippen molar-refractivity contribution in [3.63, 3.8) is 0 Å². The zero-order valence-electron chi connectivity index (χ0n) is 11.9. The second-order valence-electron chi connectivity index (χ2n) is 4.77. The predicted molar refractivity (Wildman–Crippen MR) is 87.8 cm³/mol. The molecule has 0 spiro atoms. The maximum atomic E-state index is 12.1. The summed E-state index contributed by atoms with van der Waals surface area (Å²) in [6.07, 6.45) is 4.29. The molecule has 1 amide bonds. The van der Waals surface area contributed by atoms with Crippen LogP contribution in [0.4, 0.5) is 0 Å². The largest absolute Gasteiger partial charge is 0.350 e. The highest BCUT2D eigenvalue weighted by atomic mass is 32.1. The molecule has 0 saturated heterocycles. The van der Waals surface area contributed by atoms with E-state index in [2.05, 4.69) is 15.3 Å². The van der Waals surface area contributed by atoms with Crippen LogP contribution in [-0.2, 0) is 6.42 Å². The molecule has 0 unspecified atom stereocenters. The van der Waals surface area contributed by atoms with E-state index in [0.717, 1.165) is 22.6 Å². The maximum Gasteiger partial charge on any atom is 0.270 e. The van der Waals surface area contributed by atoms with Gasteiger partial charge < -0.3 is 5.32 Å². The average Bonchev–Trinajstić information content (AvgIpc) is 3.07. The van der Waals surface area contributed by atoms with Gasteiger partial charge in [0.25, 0.3) is 5.91 Å². The molecule has 110 valence electrons. The Hall–Kier alpha value is -2.53. The molecule has 0 aliphatic rings. The summed E-state index contributed by atoms with van der Waals surface area (Å²) in [7, 11) is 0. The number of nitrogens with one attached hydrogen (secondary N) is 1. The van der Waals surface area contributed by atoms with E-state index in [-0.39, 0.29) is 5.91 Å². The van der Waals surface area contributed by atoms with Crippen molar-refractivity contribution in [2.75, 3.05) is 6.54 Å². The van der Waals surface area contributed by atoms with Gasteiger partial charge in [0.1, 0.15) is 10.7 Å². The fourth-order valence-electron chi connectivity index (χ4n) is 2.05. The first kappa shape index (κ1) is 14.4. The van der Waals surface area contributed by atoms with Gasteiger partial charge in [0.15, 0.2) is 0 Å². The molecule has 0 radical (unpaired) electrons. The number of thiazole rings is 1. The van der Waals surface area contributed by atoms with Crippen LogP contribution in [0.3, 0.4) is 0 Å². The first-order chi connectivity index (χ1) is 10.8. The number of carbonyl (C=O) groups excluding carboxylic acids is 1. The summed E-state index contributed by atoms with van der Waals surface area (Å²) in [6, 6.07) is 13.8. The van der Waals surface area contributed by atoms with Crippen LogP contribution in [0.15, 0.2) is 60.2 Å². The second-order valence-corrected chi connectivity index (χ2v) is 5.62. The molecule has 0 aliphatic heterocycles. The van der Waals surface area contributed by atoms with Gasteiger partial charge in [0, 0.05) is 29.9 Å². The van der Waals surface area contributed by atoms with E-state index >= 15 is 0 Å². The third-order valence-electron chi connectivity index (χ3n) is 3.21. The van der Waals surface area contributed by atoms with E-state index in [1.54, 1.807) is 17.8 Å². The summed E-state index contributed by atoms with van der Waals surface area (Å²) in [6.45, 7) is 0.584. The van der Waals surface area contributed by atoms with Crippen LogP contribution in [-0.4, -0.2) is 22.4 Å². The molecular weight excluding hydrogens is 294 g/mol. The Balaban J connectivity index is 1.58. The van der Waals surface area contributed by atoms with Crippen molar-refractivity contribution < 1.29 is 4.79 Å². The standard InChI is InChI=1S/C17H15N3OS/c21-16(19-11-8-13-6-9-18-10-7-13)15-12-22-17(20-15)14-4-2-1-3-5-14/h1-7,9-10,12H,8,11H2,(H,19,21). The lowest BCUT2D eigenvalue weighted by molar-refractivity contribution is 0.0950. The molecule has 2 heterocycles. The van der Waals surface area contributed by atoms with E-state index in [4.69, 9.17) is 0 Å². The van der Waals surface area contributed by atoms with E-state index in [1.807, 2.05) is 42.5 Å². The lowest BCUT2D eigenvalue weighted by Gasteiger charge is -2.03. The monoisotopic (exact) mass is 309 g/mol. The number of rotatable bonds is 5. The van der Waals surface area contributed by atoms with Crippen molar-refractivity contribution >= 4 is 17.2 Å². The molecule has 1 aromatic carbocycles. The highest BCUT2D eigenvalue weighted by molar-refractivity contribution is 7.13. The molecular formula is C17H15N3OS. The van der Waals surface area contributed by atoms with Crippen LogP contribution < -0.4 is 5.32 Å². The molecule has 5 heteroatoms. The predicted octanol–water partition coefficient (Wildman–Crippen LogP) is 3.18. The third-order valence-corrected chi connectivity index (χ3v) is 4.10. The lowest BCUT2D eigenvalue weighted by Crippen LogP contribution is -2.25. The third kappa shape index (κ3) is 3.56. The molecule has 22 heavy (non-hydrogen) atoms. The van der Waals surface area contributed by atoms with Gasteiger partial charge in [-0.25, -0.2) is 4.98 Å². The Morgan fingerprint density at radius 2 is 1.86 bits per heavy atom. The van der Waals surface area contributed by atoms with Crippen molar-refractivity contribution in [1.29, 1.82) is 0 Å². The number of hydrogen-bond donors (Lipinski definition) is 1. The Labute approximate surface area is 132 Å². The Morgan fingerprint density at radius 1 is 1.09 bits per heavy atom. The van der Waals surface area contributed by atoms with Crippen molar-refractivity contribution in [1.82, 2.24) is 15.3 Å². The SMILES string of the molecule is O=C(NCCc1ccncc1)c1csc(-c2ccccc2)n1. The smallest absolute Gasteiger partial charge is 0.270 e. The number of carbonyl (C=O) groups is 1. The van der Waals surface area contributed by atoms with Gasteiger partial charge in [0.05, 0.1) is 0 Å². The fourth-order valence-corrected chi connectivity index (χ4v) is 2.86. The molecule has 4 nitrogen and oxygen atoms in total. The van der Waals surface area contributed by atoms with Gasteiger partial charge >= 0.3 is 0 Å². The maximum absolute atomic E-state index is 12.1. The highest BCUT2D eigenvalue weighted by Gasteiger charge is 2.11. The van der Waals surface area contributed by atoms with Gasteiger partial charge in [-0.1, -0.05) is 30.3 Å². The molecule has 0 bridgehead atoms. The van der Waals surface area contributed by atoms with Crippen molar-refractivity contribution in [2.45, 2.75) is 6.42 Å². The Kier molecular flexibility index (Phi) is 4.56. The van der Waals surface area contributed by atoms with Crippen LogP contribution in [0.2, 0.25) is 0 Å². The topological polar surface area (TPSA) is 54.9 Å². The summed E-state index contributed by atoms with van der Waals surface area (Å²) in [5.74, 6) is -0.132. The highest BCUT2D eigenvalue weighted by Crippen LogP contribution is 2.23. The number of nitrogens with zero attached hydrogens (tertiary/aromatic N) is 2. The Bertz CT molecular complexity index is 741. The Morgan fingerprint density at radius 3 is 2.64 bits per heavy atom. The van der Waals surface area contributed by atoms with Gasteiger partial charge in [-0.05, 0) is 24.1 Å². The quantitative estimate of drug-likeness (QED) is 0.787. The van der Waals surface area contributed by atoms with Crippen LogP contribution in [0.25, 0.3) is 10.6 Å². The summed E-state index contributed by atoms with van der Waals surface area (Å²) >= 11 is 1.48. The zero-order valence-corrected chi connectivity index (χ0v) is 12.7. The minimum absolute atomic E-state index is 0.132. The summed E-state index contributed by atoms with van der Waals surface area (Å²) in [4.78, 5) is 20.5. The van der Waals surface area contributed by atoms with E-state index in [9.17, 15) is 4.79 Å². The van der Waals surface area contributed by atoms with Crippen LogP contribution in [0.5, 0.6) is 0 Å². The van der Waals surface area contributed by atoms with E-state index in [0.29, 0.717) is 12.2 Å². The second kappa shape index (κ2) is 6.95. The van der Waals surface area contributed by atoms with E-state index < -0.39 is 0 Å². The van der Waals surface area contributed by atoms with Crippen LogP contribution >= 0.6 is 11.3 Å². The van der Waals surface area contributed by atoms with Crippen LogP contribution in [0.1, 0.15) is 16.1 Å². The number of benzene rings is 1. The minimum Gasteiger partial charge on any atom is -0.350 e. The van der Waals surface area contributed by atoms with Gasteiger partial charge in [-0.3, -0.25) is 9.78 Å². The number of pyridine rings is 1. The number of aromatic nitrogens is 2. The molecule has 0 saturated carbocycles. The zero-order chi connectivity index (χ0) is 15.2. The minimum atomic E-state index is -0.132. The van der Waals surface area contributed by atoms with Crippen LogP contribution in [0, 0.1) is 0 Å². The van der Waals surface area contributed by atoms with Crippen molar-refractivity contribution in [3.8, 4) is 10.6 Å². The van der Waals surface area contributed by atoms with Gasteiger partial charge in [-0.2, -0.15) is 0 Å². The first-order valence-electron chi connectivity index (χ1n) is 7.01. The lowest BCUT2D eigenvalue weighted by atomic mass is 10.2. The molecule has 3 aromatic rings. The van der Waals surface area contributed by atoms with Crippen molar-refractivity contribution in [2.24, 2.45) is 0 Å². The fraction of sp³-hybridized carbons (Fsp3) is 0.118. The summed E-state index contributed by atoms with van der Waals surface area (Å²) in [5, 5.41) is 5.55. The van der Waals surface area contributed by atoms with Gasteiger partial charge in [0.2, 0.25) is 0 Å². The first-order valence-corrected chi connectivity index (χ1v) is 7.89. The molecule has 2 aromatic heterocycles. The average molecular weight is 309 g/mol. The normalized spacial score (nSPS) is 10.4. The summed E-state index contributed by atoms with van der Waals surface area (Å²) < 4.78 is 0. The molecule has 0 fully saturated rings. The molecule has 0 aliphatic carbocycles. The number of hydrogen-bond acceptors (Lipinski definition) is 4. The van der Waals surface area contributed by atoms with E-state index in [1.165, 1.54) is 11.3 Å². The number of amides is 1. The molecule has 0 atom stereocenters. The summed E-state index contributed by atoms with van der Waals surface area (Å²) in [5.41, 5.74) is 2.65. The van der Waals surface area contributed by atoms with Gasteiger partial charge in [-0.15, -0.1) is 11.3 Å². The molecule has 3 rings (SSSR count). The molecule has 1 N–H and O–H groups in total. The van der Waals surface area contributed by atoms with Crippen molar-refractivity contribution in [3.05, 3.63) is 71.5 Å².